The molecule has 1 saturated heterocycles. The molecule has 0 atom stereocenters. The lowest BCUT2D eigenvalue weighted by atomic mass is 10.2. The molecule has 0 saturated carbocycles. The van der Waals surface area contributed by atoms with E-state index in [4.69, 9.17) is 9.47 Å². The van der Waals surface area contributed by atoms with Crippen molar-refractivity contribution in [1.82, 2.24) is 9.88 Å². The highest BCUT2D eigenvalue weighted by Crippen LogP contribution is 2.16. The number of ether oxygens (including phenoxy) is 2. The Morgan fingerprint density at radius 3 is 2.62 bits per heavy atom. The third-order valence-corrected chi connectivity index (χ3v) is 4.21. The molecule has 7 heteroatoms. The van der Waals surface area contributed by atoms with Crippen molar-refractivity contribution in [1.29, 1.82) is 0 Å². The van der Waals surface area contributed by atoms with Crippen molar-refractivity contribution in [2.75, 3.05) is 57.1 Å². The first-order chi connectivity index (χ1) is 12.7. The summed E-state index contributed by atoms with van der Waals surface area (Å²) < 4.78 is 10.4. The van der Waals surface area contributed by atoms with E-state index in [0.717, 1.165) is 51.0 Å². The highest BCUT2D eigenvalue weighted by molar-refractivity contribution is 6.04. The number of nitrogens with one attached hydrogen (secondary N) is 2. The SMILES string of the molecule is COc1ccc(NC(=O)c2ccc(NCCN3CCOCC3)nc2)cc1. The van der Waals surface area contributed by atoms with E-state index in [2.05, 4.69) is 20.5 Å². The van der Waals surface area contributed by atoms with Gasteiger partial charge in [-0.1, -0.05) is 0 Å². The van der Waals surface area contributed by atoms with Gasteiger partial charge in [0, 0.05) is 38.1 Å². The summed E-state index contributed by atoms with van der Waals surface area (Å²) in [7, 11) is 1.61. The molecule has 26 heavy (non-hydrogen) atoms. The Morgan fingerprint density at radius 1 is 1.19 bits per heavy atom. The second kappa shape index (κ2) is 9.17. The first-order valence-corrected chi connectivity index (χ1v) is 8.70. The minimum Gasteiger partial charge on any atom is -0.497 e. The summed E-state index contributed by atoms with van der Waals surface area (Å²) in [4.78, 5) is 18.9. The maximum atomic E-state index is 12.3. The molecule has 7 nitrogen and oxygen atoms in total. The van der Waals surface area contributed by atoms with Crippen LogP contribution < -0.4 is 15.4 Å². The van der Waals surface area contributed by atoms with Crippen LogP contribution in [-0.4, -0.2) is 62.3 Å². The number of amides is 1. The van der Waals surface area contributed by atoms with Gasteiger partial charge in [0.2, 0.25) is 0 Å². The molecule has 0 radical (unpaired) electrons. The molecular weight excluding hydrogens is 332 g/mol. The van der Waals surface area contributed by atoms with E-state index < -0.39 is 0 Å². The topological polar surface area (TPSA) is 75.7 Å². The second-order valence-corrected chi connectivity index (χ2v) is 6.00. The normalized spacial score (nSPS) is 14.7. The Bertz CT molecular complexity index is 698. The minimum absolute atomic E-state index is 0.192. The van der Waals surface area contributed by atoms with Crippen LogP contribution in [0.15, 0.2) is 42.6 Å². The molecule has 3 rings (SSSR count). The number of rotatable bonds is 7. The summed E-state index contributed by atoms with van der Waals surface area (Å²) in [6.07, 6.45) is 1.58. The molecule has 0 unspecified atom stereocenters. The quantitative estimate of drug-likeness (QED) is 0.791. The van der Waals surface area contributed by atoms with E-state index in [1.165, 1.54) is 0 Å². The van der Waals surface area contributed by atoms with Gasteiger partial charge in [0.25, 0.3) is 5.91 Å². The van der Waals surface area contributed by atoms with Gasteiger partial charge in [0.15, 0.2) is 0 Å². The van der Waals surface area contributed by atoms with Crippen molar-refractivity contribution in [3.63, 3.8) is 0 Å². The van der Waals surface area contributed by atoms with Crippen LogP contribution in [0.1, 0.15) is 10.4 Å². The Morgan fingerprint density at radius 2 is 1.96 bits per heavy atom. The van der Waals surface area contributed by atoms with Crippen molar-refractivity contribution in [3.8, 4) is 5.75 Å². The number of aromatic nitrogens is 1. The summed E-state index contributed by atoms with van der Waals surface area (Å²) >= 11 is 0. The predicted molar refractivity (Wildman–Crippen MR) is 101 cm³/mol. The number of carbonyl (C=O) groups excluding carboxylic acids is 1. The van der Waals surface area contributed by atoms with Gasteiger partial charge >= 0.3 is 0 Å². The Kier molecular flexibility index (Phi) is 6.40. The van der Waals surface area contributed by atoms with Gasteiger partial charge < -0.3 is 20.1 Å². The molecule has 2 heterocycles. The zero-order valence-corrected chi connectivity index (χ0v) is 14.9. The van der Waals surface area contributed by atoms with Crippen molar-refractivity contribution < 1.29 is 14.3 Å². The average Bonchev–Trinajstić information content (AvgIpc) is 2.70. The first kappa shape index (κ1) is 18.2. The van der Waals surface area contributed by atoms with Gasteiger partial charge in [-0.3, -0.25) is 9.69 Å². The highest BCUT2D eigenvalue weighted by Gasteiger charge is 2.10. The number of carbonyl (C=O) groups is 1. The fraction of sp³-hybridized carbons (Fsp3) is 0.368. The lowest BCUT2D eigenvalue weighted by molar-refractivity contribution is 0.0398. The van der Waals surface area contributed by atoms with Gasteiger partial charge in [-0.15, -0.1) is 0 Å². The van der Waals surface area contributed by atoms with Gasteiger partial charge in [-0.25, -0.2) is 4.98 Å². The molecule has 2 aromatic rings. The predicted octanol–water partition coefficient (Wildman–Crippen LogP) is 2.09. The third kappa shape index (κ3) is 5.18. The van der Waals surface area contributed by atoms with Crippen LogP contribution in [0.5, 0.6) is 5.75 Å². The maximum absolute atomic E-state index is 12.3. The number of methoxy groups -OCH3 is 1. The van der Waals surface area contributed by atoms with Crippen LogP contribution in [0.2, 0.25) is 0 Å². The number of nitrogens with zero attached hydrogens (tertiary/aromatic N) is 2. The zero-order valence-electron chi connectivity index (χ0n) is 14.9. The number of hydrogen-bond donors (Lipinski definition) is 2. The van der Waals surface area contributed by atoms with Crippen LogP contribution in [0.3, 0.4) is 0 Å². The number of morpholine rings is 1. The second-order valence-electron chi connectivity index (χ2n) is 6.00. The summed E-state index contributed by atoms with van der Waals surface area (Å²) in [5.74, 6) is 1.32. The van der Waals surface area contributed by atoms with Gasteiger partial charge in [0.05, 0.1) is 25.9 Å². The fourth-order valence-electron chi connectivity index (χ4n) is 2.68. The maximum Gasteiger partial charge on any atom is 0.257 e. The molecule has 138 valence electrons. The van der Waals surface area contributed by atoms with Crippen LogP contribution in [0.25, 0.3) is 0 Å². The lowest BCUT2D eigenvalue weighted by Gasteiger charge is -2.26. The van der Waals surface area contributed by atoms with Crippen molar-refractivity contribution >= 4 is 17.4 Å². The van der Waals surface area contributed by atoms with Crippen LogP contribution in [-0.2, 0) is 4.74 Å². The van der Waals surface area contributed by atoms with E-state index in [1.54, 1.807) is 43.6 Å². The van der Waals surface area contributed by atoms with E-state index in [1.807, 2.05) is 6.07 Å². The van der Waals surface area contributed by atoms with Crippen LogP contribution >= 0.6 is 0 Å². The largest absolute Gasteiger partial charge is 0.497 e. The molecule has 1 fully saturated rings. The molecule has 1 aliphatic rings. The van der Waals surface area contributed by atoms with E-state index in [-0.39, 0.29) is 5.91 Å². The minimum atomic E-state index is -0.192. The van der Waals surface area contributed by atoms with Gasteiger partial charge in [-0.05, 0) is 36.4 Å². The monoisotopic (exact) mass is 356 g/mol. The van der Waals surface area contributed by atoms with E-state index in [9.17, 15) is 4.79 Å². The van der Waals surface area contributed by atoms with Crippen molar-refractivity contribution in [2.24, 2.45) is 0 Å². The molecule has 1 aromatic carbocycles. The fourth-order valence-corrected chi connectivity index (χ4v) is 2.68. The number of hydrogen-bond acceptors (Lipinski definition) is 6. The number of pyridine rings is 1. The summed E-state index contributed by atoms with van der Waals surface area (Å²) in [5, 5.41) is 6.12. The molecule has 1 aromatic heterocycles. The molecule has 0 aliphatic carbocycles. The Balaban J connectivity index is 1.47. The van der Waals surface area contributed by atoms with Gasteiger partial charge in [0.1, 0.15) is 11.6 Å². The summed E-state index contributed by atoms with van der Waals surface area (Å²) in [6, 6.07) is 10.8. The van der Waals surface area contributed by atoms with Crippen LogP contribution in [0, 0.1) is 0 Å². The molecule has 1 aliphatic heterocycles. The van der Waals surface area contributed by atoms with Crippen molar-refractivity contribution in [3.05, 3.63) is 48.2 Å². The smallest absolute Gasteiger partial charge is 0.257 e. The molecule has 1 amide bonds. The first-order valence-electron chi connectivity index (χ1n) is 8.70. The van der Waals surface area contributed by atoms with E-state index in [0.29, 0.717) is 11.3 Å². The Labute approximate surface area is 153 Å². The molecular formula is C19H24N4O3. The summed E-state index contributed by atoms with van der Waals surface area (Å²) in [6.45, 7) is 5.31. The number of benzene rings is 1. The molecule has 2 N–H and O–H groups in total. The highest BCUT2D eigenvalue weighted by atomic mass is 16.5. The van der Waals surface area contributed by atoms with Crippen LogP contribution in [0.4, 0.5) is 11.5 Å². The third-order valence-electron chi connectivity index (χ3n) is 4.21. The Hall–Kier alpha value is -2.64. The zero-order chi connectivity index (χ0) is 18.2. The summed E-state index contributed by atoms with van der Waals surface area (Å²) in [5.41, 5.74) is 1.23. The lowest BCUT2D eigenvalue weighted by Crippen LogP contribution is -2.39. The van der Waals surface area contributed by atoms with Crippen molar-refractivity contribution in [2.45, 2.75) is 0 Å². The standard InChI is InChI=1S/C19H24N4O3/c1-25-17-5-3-16(4-6-17)22-19(24)15-2-7-18(21-14-15)20-8-9-23-10-12-26-13-11-23/h2-7,14H,8-13H2,1H3,(H,20,21)(H,22,24). The van der Waals surface area contributed by atoms with Gasteiger partial charge in [-0.2, -0.15) is 0 Å². The average molecular weight is 356 g/mol. The van der Waals surface area contributed by atoms with E-state index >= 15 is 0 Å². The molecule has 0 bridgehead atoms. The number of anilines is 2. The molecule has 0 spiro atoms.